The maximum Gasteiger partial charge on any atom is 0.405 e. The van der Waals surface area contributed by atoms with Crippen LogP contribution >= 0.6 is 0 Å². The van der Waals surface area contributed by atoms with E-state index < -0.39 is 12.2 Å². The normalized spacial score (nSPS) is 17.5. The molecule has 1 fully saturated rings. The van der Waals surface area contributed by atoms with Crippen molar-refractivity contribution in [2.45, 2.75) is 44.3 Å². The molecule has 0 saturated carbocycles. The second-order valence-electron chi connectivity index (χ2n) is 5.41. The summed E-state index contributed by atoms with van der Waals surface area (Å²) in [7, 11) is 0. The van der Waals surface area contributed by atoms with E-state index >= 15 is 0 Å². The lowest BCUT2D eigenvalue weighted by Crippen LogP contribution is -2.49. The van der Waals surface area contributed by atoms with Gasteiger partial charge in [-0.15, -0.1) is 0 Å². The highest BCUT2D eigenvalue weighted by Gasteiger charge is 2.45. The Morgan fingerprint density at radius 2 is 2.05 bits per heavy atom. The molecule has 1 amide bonds. The number of amides is 1. The van der Waals surface area contributed by atoms with Gasteiger partial charge in [-0.2, -0.15) is 13.2 Å². The lowest BCUT2D eigenvalue weighted by Gasteiger charge is -2.28. The van der Waals surface area contributed by atoms with Crippen molar-refractivity contribution in [3.63, 3.8) is 0 Å². The second-order valence-corrected chi connectivity index (χ2v) is 5.41. The van der Waals surface area contributed by atoms with Gasteiger partial charge in [0.25, 0.3) is 0 Å². The van der Waals surface area contributed by atoms with Crippen LogP contribution in [0.25, 0.3) is 0 Å². The van der Waals surface area contributed by atoms with Crippen molar-refractivity contribution in [3.05, 3.63) is 35.6 Å². The number of nitrogens with one attached hydrogen (secondary N) is 1. The van der Waals surface area contributed by atoms with Crippen LogP contribution in [0.15, 0.2) is 24.3 Å². The number of hydrazine groups is 1. The van der Waals surface area contributed by atoms with Crippen LogP contribution in [0.4, 0.5) is 17.6 Å². The Labute approximate surface area is 126 Å². The van der Waals surface area contributed by atoms with Gasteiger partial charge >= 0.3 is 6.18 Å². The van der Waals surface area contributed by atoms with E-state index in [9.17, 15) is 22.4 Å². The fraction of sp³-hybridized carbons (Fsp3) is 0.533. The maximum atomic E-state index is 13.1. The molecular formula is C15H18F4N2O. The van der Waals surface area contributed by atoms with Gasteiger partial charge in [-0.3, -0.25) is 10.2 Å². The molecule has 1 aromatic carbocycles. The Bertz CT molecular complexity index is 519. The Hall–Kier alpha value is -1.63. The molecule has 1 aromatic rings. The van der Waals surface area contributed by atoms with E-state index in [1.165, 1.54) is 12.1 Å². The second kappa shape index (κ2) is 7.09. The van der Waals surface area contributed by atoms with Crippen molar-refractivity contribution in [2.24, 2.45) is 0 Å². The van der Waals surface area contributed by atoms with Crippen molar-refractivity contribution >= 4 is 5.91 Å². The van der Waals surface area contributed by atoms with Gasteiger partial charge in [0.1, 0.15) is 11.9 Å². The fourth-order valence-corrected chi connectivity index (χ4v) is 2.58. The third kappa shape index (κ3) is 4.69. The molecule has 1 unspecified atom stereocenters. The predicted molar refractivity (Wildman–Crippen MR) is 73.3 cm³/mol. The average molecular weight is 318 g/mol. The molecule has 0 aromatic heterocycles. The standard InChI is InChI=1S/C15H18F4N2O/c16-12-6-3-5-11(10-12)4-1-2-7-13(15(17,18)19)21-9-8-14(22)20-21/h3,5-6,10,13H,1-2,4,7-9H2,(H,20,22). The Morgan fingerprint density at radius 3 is 2.64 bits per heavy atom. The molecule has 0 spiro atoms. The molecule has 1 aliphatic rings. The highest BCUT2D eigenvalue weighted by Crippen LogP contribution is 2.29. The van der Waals surface area contributed by atoms with E-state index in [2.05, 4.69) is 5.43 Å². The quantitative estimate of drug-likeness (QED) is 0.645. The first-order valence-electron chi connectivity index (χ1n) is 7.23. The van der Waals surface area contributed by atoms with Gasteiger partial charge < -0.3 is 0 Å². The molecular weight excluding hydrogens is 300 g/mol. The molecule has 1 saturated heterocycles. The summed E-state index contributed by atoms with van der Waals surface area (Å²) in [5.41, 5.74) is 3.03. The highest BCUT2D eigenvalue weighted by molar-refractivity contribution is 5.77. The van der Waals surface area contributed by atoms with Crippen molar-refractivity contribution in [1.29, 1.82) is 0 Å². The number of carbonyl (C=O) groups is 1. The molecule has 7 heteroatoms. The first-order valence-corrected chi connectivity index (χ1v) is 7.23. The largest absolute Gasteiger partial charge is 0.405 e. The SMILES string of the molecule is O=C1CCN(C(CCCCc2cccc(F)c2)C(F)(F)F)N1. The van der Waals surface area contributed by atoms with Crippen LogP contribution in [0.2, 0.25) is 0 Å². The zero-order chi connectivity index (χ0) is 16.2. The molecule has 0 radical (unpaired) electrons. The Balaban J connectivity index is 1.83. The van der Waals surface area contributed by atoms with Gasteiger partial charge in [-0.1, -0.05) is 18.6 Å². The summed E-state index contributed by atoms with van der Waals surface area (Å²) in [5.74, 6) is -0.723. The van der Waals surface area contributed by atoms with Gasteiger partial charge in [-0.25, -0.2) is 9.40 Å². The van der Waals surface area contributed by atoms with Gasteiger partial charge in [0.15, 0.2) is 0 Å². The van der Waals surface area contributed by atoms with Crippen LogP contribution in [-0.2, 0) is 11.2 Å². The van der Waals surface area contributed by atoms with Gasteiger partial charge in [0, 0.05) is 13.0 Å². The van der Waals surface area contributed by atoms with Crippen molar-refractivity contribution in [2.75, 3.05) is 6.54 Å². The number of hydrogen-bond acceptors (Lipinski definition) is 2. The van der Waals surface area contributed by atoms with Crippen LogP contribution in [0.1, 0.15) is 31.2 Å². The van der Waals surface area contributed by atoms with Gasteiger partial charge in [0.2, 0.25) is 5.91 Å². The Morgan fingerprint density at radius 1 is 1.27 bits per heavy atom. The monoisotopic (exact) mass is 318 g/mol. The average Bonchev–Trinajstić information content (AvgIpc) is 2.83. The molecule has 3 nitrogen and oxygen atoms in total. The molecule has 1 N–H and O–H groups in total. The minimum atomic E-state index is -4.38. The van der Waals surface area contributed by atoms with E-state index in [1.54, 1.807) is 12.1 Å². The molecule has 1 aliphatic heterocycles. The van der Waals surface area contributed by atoms with Crippen molar-refractivity contribution in [1.82, 2.24) is 10.4 Å². The third-order valence-electron chi connectivity index (χ3n) is 3.68. The van der Waals surface area contributed by atoms with Crippen molar-refractivity contribution < 1.29 is 22.4 Å². The number of aryl methyl sites for hydroxylation is 1. The van der Waals surface area contributed by atoms with Gasteiger partial charge in [-0.05, 0) is 37.0 Å². The summed E-state index contributed by atoms with van der Waals surface area (Å²) < 4.78 is 52.2. The summed E-state index contributed by atoms with van der Waals surface area (Å²) in [6, 6.07) is 4.40. The number of benzene rings is 1. The van der Waals surface area contributed by atoms with Crippen LogP contribution in [0.3, 0.4) is 0 Å². The summed E-state index contributed by atoms with van der Waals surface area (Å²) in [6.07, 6.45) is -2.94. The van der Waals surface area contributed by atoms with Crippen LogP contribution < -0.4 is 5.43 Å². The first kappa shape index (κ1) is 16.7. The summed E-state index contributed by atoms with van der Waals surface area (Å²) in [4.78, 5) is 11.1. The molecule has 2 rings (SSSR count). The van der Waals surface area contributed by atoms with E-state index in [0.29, 0.717) is 19.3 Å². The number of carbonyl (C=O) groups excluding carboxylic acids is 1. The number of hydrogen-bond donors (Lipinski definition) is 1. The third-order valence-corrected chi connectivity index (χ3v) is 3.68. The molecule has 1 heterocycles. The summed E-state index contributed by atoms with van der Waals surface area (Å²) in [6.45, 7) is 0.0763. The van der Waals surface area contributed by atoms with E-state index in [4.69, 9.17) is 0 Å². The van der Waals surface area contributed by atoms with Gasteiger partial charge in [0.05, 0.1) is 0 Å². The molecule has 122 valence electrons. The van der Waals surface area contributed by atoms with E-state index in [-0.39, 0.29) is 31.1 Å². The number of alkyl halides is 3. The molecule has 22 heavy (non-hydrogen) atoms. The van der Waals surface area contributed by atoms with Crippen LogP contribution in [-0.4, -0.2) is 29.7 Å². The minimum Gasteiger partial charge on any atom is -0.288 e. The zero-order valence-electron chi connectivity index (χ0n) is 12.0. The number of nitrogens with zero attached hydrogens (tertiary/aromatic N) is 1. The lowest BCUT2D eigenvalue weighted by molar-refractivity contribution is -0.190. The first-order chi connectivity index (χ1) is 10.4. The molecule has 1 atom stereocenters. The zero-order valence-corrected chi connectivity index (χ0v) is 12.0. The van der Waals surface area contributed by atoms with Crippen LogP contribution in [0, 0.1) is 5.82 Å². The highest BCUT2D eigenvalue weighted by atomic mass is 19.4. The Kier molecular flexibility index (Phi) is 5.39. The number of halogens is 4. The fourth-order valence-electron chi connectivity index (χ4n) is 2.58. The summed E-state index contributed by atoms with van der Waals surface area (Å²) in [5, 5.41) is 0.977. The van der Waals surface area contributed by atoms with E-state index in [1.807, 2.05) is 0 Å². The lowest BCUT2D eigenvalue weighted by atomic mass is 10.0. The van der Waals surface area contributed by atoms with E-state index in [0.717, 1.165) is 10.6 Å². The predicted octanol–water partition coefficient (Wildman–Crippen LogP) is 3.21. The number of unbranched alkanes of at least 4 members (excludes halogenated alkanes) is 1. The number of rotatable bonds is 6. The van der Waals surface area contributed by atoms with Crippen LogP contribution in [0.5, 0.6) is 0 Å². The maximum absolute atomic E-state index is 13.1. The molecule has 0 bridgehead atoms. The minimum absolute atomic E-state index is 0.0763. The molecule has 0 aliphatic carbocycles. The smallest absolute Gasteiger partial charge is 0.288 e. The topological polar surface area (TPSA) is 32.3 Å². The summed E-state index contributed by atoms with van der Waals surface area (Å²) >= 11 is 0. The van der Waals surface area contributed by atoms with Crippen molar-refractivity contribution in [3.8, 4) is 0 Å².